The van der Waals surface area contributed by atoms with E-state index in [1.165, 1.54) is 0 Å². The van der Waals surface area contributed by atoms with Crippen molar-refractivity contribution in [1.29, 1.82) is 0 Å². The lowest BCUT2D eigenvalue weighted by atomic mass is 10.1. The van der Waals surface area contributed by atoms with Crippen LogP contribution in [-0.4, -0.2) is 21.7 Å². The van der Waals surface area contributed by atoms with Crippen LogP contribution in [0.2, 0.25) is 10.0 Å². The molecule has 2 heterocycles. The van der Waals surface area contributed by atoms with E-state index < -0.39 is 0 Å². The van der Waals surface area contributed by atoms with Crippen molar-refractivity contribution in [3.63, 3.8) is 0 Å². The quantitative estimate of drug-likeness (QED) is 0.208. The van der Waals surface area contributed by atoms with Gasteiger partial charge in [0, 0.05) is 56.8 Å². The molecule has 4 aromatic carbocycles. The van der Waals surface area contributed by atoms with Crippen LogP contribution >= 0.6 is 23.2 Å². The molecular formula is C32H28Cl2N2O2. The first-order chi connectivity index (χ1) is 18.3. The van der Waals surface area contributed by atoms with Crippen LogP contribution in [0, 0.1) is 13.8 Å². The number of carbonyl (C=O) groups excluding carboxylic acids is 2. The number of rotatable bonds is 4. The Morgan fingerprint density at radius 1 is 0.684 bits per heavy atom. The molecule has 0 spiro atoms. The van der Waals surface area contributed by atoms with Gasteiger partial charge in [0.25, 0.3) is 0 Å². The molecule has 0 amide bonds. The van der Waals surface area contributed by atoms with Gasteiger partial charge in [0.15, 0.2) is 0 Å². The third-order valence-electron chi connectivity index (χ3n) is 7.17. The minimum Gasteiger partial charge on any atom is -0.341 e. The Kier molecular flexibility index (Phi) is 7.04. The number of fused-ring (bicyclic) bond motifs is 6. The summed E-state index contributed by atoms with van der Waals surface area (Å²) in [6.07, 6.45) is 1.75. The highest BCUT2D eigenvalue weighted by atomic mass is 35.5. The van der Waals surface area contributed by atoms with Crippen molar-refractivity contribution in [2.24, 2.45) is 0 Å². The van der Waals surface area contributed by atoms with E-state index in [1.807, 2.05) is 62.4 Å². The van der Waals surface area contributed by atoms with E-state index in [4.69, 9.17) is 23.2 Å². The molecule has 6 rings (SSSR count). The van der Waals surface area contributed by atoms with Crippen LogP contribution in [0.3, 0.4) is 0 Å². The fourth-order valence-electron chi connectivity index (χ4n) is 5.43. The molecule has 0 aliphatic heterocycles. The van der Waals surface area contributed by atoms with Gasteiger partial charge in [-0.1, -0.05) is 29.3 Å². The SMILES string of the molecule is CCn1c2ccc(C=O)cc2c2c(Cl)c(C)ccc21.CCn1c2ccc(C=O)cc2c2cc(C)cc(Cl)c21. The second-order valence-corrected chi connectivity index (χ2v) is 10.3. The molecule has 0 radical (unpaired) electrons. The lowest BCUT2D eigenvalue weighted by molar-refractivity contribution is 0.111. The number of halogens is 2. The van der Waals surface area contributed by atoms with Gasteiger partial charge in [0.05, 0.1) is 21.1 Å². The standard InChI is InChI=1S/2C16H14ClNO/c1-3-18-13-7-5-11(9-19)8-12(13)15-14(18)6-4-10(2)16(15)17;1-3-18-15-5-4-11(9-19)8-12(15)13-6-10(2)7-14(17)16(13)18/h2*4-9H,3H2,1-2H3. The maximum Gasteiger partial charge on any atom is 0.150 e. The molecule has 2 aromatic heterocycles. The zero-order chi connectivity index (χ0) is 27.1. The highest BCUT2D eigenvalue weighted by Gasteiger charge is 2.15. The Balaban J connectivity index is 0.000000155. The number of aldehydes is 2. The molecule has 0 saturated heterocycles. The van der Waals surface area contributed by atoms with Gasteiger partial charge in [-0.2, -0.15) is 0 Å². The van der Waals surface area contributed by atoms with Gasteiger partial charge in [0.1, 0.15) is 12.6 Å². The van der Waals surface area contributed by atoms with Gasteiger partial charge in [-0.15, -0.1) is 0 Å². The molecule has 38 heavy (non-hydrogen) atoms. The van der Waals surface area contributed by atoms with E-state index in [1.54, 1.807) is 0 Å². The van der Waals surface area contributed by atoms with Crippen molar-refractivity contribution in [2.75, 3.05) is 0 Å². The Hall–Kier alpha value is -3.60. The van der Waals surface area contributed by atoms with Crippen molar-refractivity contribution in [3.8, 4) is 0 Å². The zero-order valence-corrected chi connectivity index (χ0v) is 23.3. The molecule has 0 bridgehead atoms. The first-order valence-corrected chi connectivity index (χ1v) is 13.4. The summed E-state index contributed by atoms with van der Waals surface area (Å²) in [5.41, 5.74) is 7.97. The summed E-state index contributed by atoms with van der Waals surface area (Å²) >= 11 is 12.9. The van der Waals surface area contributed by atoms with Crippen molar-refractivity contribution in [2.45, 2.75) is 40.8 Å². The summed E-state index contributed by atoms with van der Waals surface area (Å²) in [7, 11) is 0. The lowest BCUT2D eigenvalue weighted by Crippen LogP contribution is -1.93. The highest BCUT2D eigenvalue weighted by Crippen LogP contribution is 2.37. The Morgan fingerprint density at radius 3 is 1.87 bits per heavy atom. The first kappa shape index (κ1) is 26.0. The number of aromatic nitrogens is 2. The molecule has 6 aromatic rings. The summed E-state index contributed by atoms with van der Waals surface area (Å²) in [6, 6.07) is 19.8. The molecule has 0 aliphatic rings. The fourth-order valence-corrected chi connectivity index (χ4v) is 6.06. The van der Waals surface area contributed by atoms with Gasteiger partial charge in [-0.25, -0.2) is 0 Å². The van der Waals surface area contributed by atoms with Crippen LogP contribution in [0.1, 0.15) is 45.7 Å². The normalized spacial score (nSPS) is 11.3. The number of nitrogens with zero attached hydrogens (tertiary/aromatic N) is 2. The maximum absolute atomic E-state index is 11.0. The van der Waals surface area contributed by atoms with Crippen LogP contribution in [0.25, 0.3) is 43.6 Å². The molecule has 0 fully saturated rings. The van der Waals surface area contributed by atoms with Gasteiger partial charge in [-0.05, 0) is 93.4 Å². The minimum absolute atomic E-state index is 0.681. The van der Waals surface area contributed by atoms with Gasteiger partial charge in [0.2, 0.25) is 0 Å². The monoisotopic (exact) mass is 542 g/mol. The van der Waals surface area contributed by atoms with Gasteiger partial charge >= 0.3 is 0 Å². The molecule has 0 saturated carbocycles. The van der Waals surface area contributed by atoms with E-state index in [0.29, 0.717) is 11.1 Å². The van der Waals surface area contributed by atoms with Crippen molar-refractivity contribution in [1.82, 2.24) is 9.13 Å². The smallest absolute Gasteiger partial charge is 0.150 e. The van der Waals surface area contributed by atoms with Gasteiger partial charge in [-0.3, -0.25) is 9.59 Å². The third kappa shape index (κ3) is 4.18. The summed E-state index contributed by atoms with van der Waals surface area (Å²) in [5, 5.41) is 5.84. The van der Waals surface area contributed by atoms with Crippen LogP contribution in [-0.2, 0) is 13.1 Å². The topological polar surface area (TPSA) is 44.0 Å². The second kappa shape index (κ2) is 10.3. The summed E-state index contributed by atoms with van der Waals surface area (Å²) in [4.78, 5) is 21.9. The van der Waals surface area contributed by atoms with E-state index in [0.717, 1.165) is 90.4 Å². The number of aryl methyl sites for hydroxylation is 4. The highest BCUT2D eigenvalue weighted by molar-refractivity contribution is 6.39. The molecule has 0 aliphatic carbocycles. The predicted molar refractivity (Wildman–Crippen MR) is 161 cm³/mol. The van der Waals surface area contributed by atoms with Gasteiger partial charge < -0.3 is 9.13 Å². The Bertz CT molecular complexity index is 1870. The lowest BCUT2D eigenvalue weighted by Gasteiger charge is -2.05. The number of carbonyl (C=O) groups is 2. The average Bonchev–Trinajstić information content (AvgIpc) is 3.42. The average molecular weight is 543 g/mol. The predicted octanol–water partition coefficient (Wildman–Crippen LogP) is 9.18. The number of hydrogen-bond acceptors (Lipinski definition) is 2. The molecule has 0 N–H and O–H groups in total. The summed E-state index contributed by atoms with van der Waals surface area (Å²) in [6.45, 7) is 9.97. The maximum atomic E-state index is 11.0. The Labute approximate surface area is 231 Å². The van der Waals surface area contributed by atoms with Crippen LogP contribution in [0.4, 0.5) is 0 Å². The zero-order valence-electron chi connectivity index (χ0n) is 21.8. The summed E-state index contributed by atoms with van der Waals surface area (Å²) in [5.74, 6) is 0. The first-order valence-electron chi connectivity index (χ1n) is 12.7. The fraction of sp³-hybridized carbons (Fsp3) is 0.188. The molecule has 0 atom stereocenters. The molecule has 6 heteroatoms. The van der Waals surface area contributed by atoms with Crippen molar-refractivity contribution < 1.29 is 9.59 Å². The van der Waals surface area contributed by atoms with E-state index in [-0.39, 0.29) is 0 Å². The Morgan fingerprint density at radius 2 is 1.26 bits per heavy atom. The van der Waals surface area contributed by atoms with E-state index >= 15 is 0 Å². The number of hydrogen-bond donors (Lipinski definition) is 0. The molecular weight excluding hydrogens is 515 g/mol. The van der Waals surface area contributed by atoms with Crippen molar-refractivity contribution >= 4 is 79.4 Å². The largest absolute Gasteiger partial charge is 0.341 e. The number of benzene rings is 4. The van der Waals surface area contributed by atoms with E-state index in [9.17, 15) is 9.59 Å². The molecule has 192 valence electrons. The van der Waals surface area contributed by atoms with Crippen molar-refractivity contribution in [3.05, 3.63) is 93.0 Å². The molecule has 0 unspecified atom stereocenters. The molecule has 4 nitrogen and oxygen atoms in total. The van der Waals surface area contributed by atoms with Crippen LogP contribution < -0.4 is 0 Å². The summed E-state index contributed by atoms with van der Waals surface area (Å²) < 4.78 is 4.42. The van der Waals surface area contributed by atoms with Crippen LogP contribution in [0.5, 0.6) is 0 Å². The third-order valence-corrected chi connectivity index (χ3v) is 7.94. The van der Waals surface area contributed by atoms with Crippen LogP contribution in [0.15, 0.2) is 60.7 Å². The van der Waals surface area contributed by atoms with E-state index in [2.05, 4.69) is 35.1 Å². The minimum atomic E-state index is 0.681. The second-order valence-electron chi connectivity index (χ2n) is 9.51.